The molecule has 1 saturated heterocycles. The first-order chi connectivity index (χ1) is 9.85. The van der Waals surface area contributed by atoms with Crippen LogP contribution in [0, 0.1) is 0 Å². The molecule has 116 valence electrons. The van der Waals surface area contributed by atoms with E-state index in [9.17, 15) is 13.2 Å². The minimum absolute atomic E-state index is 0.0315. The van der Waals surface area contributed by atoms with Gasteiger partial charge in [-0.25, -0.2) is 17.9 Å². The molecule has 1 aromatic rings. The summed E-state index contributed by atoms with van der Waals surface area (Å²) in [5.41, 5.74) is 0.558. The van der Waals surface area contributed by atoms with Crippen molar-refractivity contribution >= 4 is 16.0 Å². The first kappa shape index (κ1) is 15.9. The number of rotatable bonds is 5. The molecule has 0 aliphatic carbocycles. The first-order valence-electron chi connectivity index (χ1n) is 6.85. The number of aromatic carboxylic acids is 1. The summed E-state index contributed by atoms with van der Waals surface area (Å²) >= 11 is 0. The van der Waals surface area contributed by atoms with Crippen LogP contribution in [-0.4, -0.2) is 38.2 Å². The standard InChI is InChI=1S/C14H19NO5S/c1-3-10-4-5-11(14(16)17)8-13(10)21(18,19)15-12-6-7-20-9(12)2/h4-5,8-9,12,15H,3,6-7H2,1-2H3,(H,16,17). The molecule has 1 aliphatic rings. The number of hydrogen-bond donors (Lipinski definition) is 2. The molecule has 2 atom stereocenters. The van der Waals surface area contributed by atoms with E-state index >= 15 is 0 Å². The van der Waals surface area contributed by atoms with Gasteiger partial charge in [0.05, 0.1) is 22.6 Å². The van der Waals surface area contributed by atoms with Crippen molar-refractivity contribution in [2.45, 2.75) is 43.7 Å². The van der Waals surface area contributed by atoms with E-state index in [1.165, 1.54) is 12.1 Å². The largest absolute Gasteiger partial charge is 0.478 e. The Morgan fingerprint density at radius 3 is 2.71 bits per heavy atom. The molecule has 2 rings (SSSR count). The maximum Gasteiger partial charge on any atom is 0.335 e. The molecule has 0 saturated carbocycles. The molecule has 0 amide bonds. The minimum Gasteiger partial charge on any atom is -0.478 e. The van der Waals surface area contributed by atoms with Gasteiger partial charge in [0.25, 0.3) is 0 Å². The zero-order valence-electron chi connectivity index (χ0n) is 12.0. The molecule has 21 heavy (non-hydrogen) atoms. The van der Waals surface area contributed by atoms with Crippen molar-refractivity contribution < 1.29 is 23.1 Å². The van der Waals surface area contributed by atoms with Gasteiger partial charge in [0, 0.05) is 6.61 Å². The molecule has 1 aliphatic heterocycles. The summed E-state index contributed by atoms with van der Waals surface area (Å²) < 4.78 is 33.0. The lowest BCUT2D eigenvalue weighted by Crippen LogP contribution is -2.39. The number of carbonyl (C=O) groups is 1. The highest BCUT2D eigenvalue weighted by Crippen LogP contribution is 2.21. The summed E-state index contributed by atoms with van der Waals surface area (Å²) in [6, 6.07) is 3.89. The van der Waals surface area contributed by atoms with E-state index in [0.717, 1.165) is 0 Å². The lowest BCUT2D eigenvalue weighted by molar-refractivity contribution is 0.0696. The SMILES string of the molecule is CCc1ccc(C(=O)O)cc1S(=O)(=O)NC1CCOC1C. The number of sulfonamides is 1. The van der Waals surface area contributed by atoms with Crippen molar-refractivity contribution in [2.75, 3.05) is 6.61 Å². The second kappa shape index (κ2) is 6.13. The van der Waals surface area contributed by atoms with Gasteiger partial charge in [-0.2, -0.15) is 0 Å². The Hall–Kier alpha value is -1.44. The van der Waals surface area contributed by atoms with E-state index < -0.39 is 16.0 Å². The van der Waals surface area contributed by atoms with Crippen LogP contribution in [0.1, 0.15) is 36.2 Å². The molecule has 0 radical (unpaired) electrons. The van der Waals surface area contributed by atoms with Crippen LogP contribution in [0.5, 0.6) is 0 Å². The molecule has 0 spiro atoms. The number of carboxylic acid groups (broad SMARTS) is 1. The smallest absolute Gasteiger partial charge is 0.335 e. The fourth-order valence-corrected chi connectivity index (χ4v) is 4.05. The van der Waals surface area contributed by atoms with Gasteiger partial charge in [-0.3, -0.25) is 0 Å². The van der Waals surface area contributed by atoms with Gasteiger partial charge < -0.3 is 9.84 Å². The highest BCUT2D eigenvalue weighted by molar-refractivity contribution is 7.89. The maximum atomic E-state index is 12.5. The minimum atomic E-state index is -3.77. The fourth-order valence-electron chi connectivity index (χ4n) is 2.38. The summed E-state index contributed by atoms with van der Waals surface area (Å²) in [7, 11) is -3.77. The van der Waals surface area contributed by atoms with Gasteiger partial charge in [-0.05, 0) is 37.5 Å². The Morgan fingerprint density at radius 2 is 2.19 bits per heavy atom. The van der Waals surface area contributed by atoms with Crippen molar-refractivity contribution in [3.05, 3.63) is 29.3 Å². The molecule has 2 N–H and O–H groups in total. The van der Waals surface area contributed by atoms with Crippen LogP contribution in [0.3, 0.4) is 0 Å². The normalized spacial score (nSPS) is 22.4. The summed E-state index contributed by atoms with van der Waals surface area (Å²) in [5, 5.41) is 9.03. The van der Waals surface area contributed by atoms with Gasteiger partial charge in [0.1, 0.15) is 0 Å². The Bertz CT molecular complexity index is 641. The third-order valence-electron chi connectivity index (χ3n) is 3.67. The lowest BCUT2D eigenvalue weighted by atomic mass is 10.1. The monoisotopic (exact) mass is 313 g/mol. The highest BCUT2D eigenvalue weighted by Gasteiger charge is 2.30. The average Bonchev–Trinajstić information content (AvgIpc) is 2.82. The number of benzene rings is 1. The molecule has 1 fully saturated rings. The quantitative estimate of drug-likeness (QED) is 0.857. The van der Waals surface area contributed by atoms with E-state index in [4.69, 9.17) is 9.84 Å². The van der Waals surface area contributed by atoms with E-state index in [1.807, 2.05) is 13.8 Å². The molecule has 7 heteroatoms. The van der Waals surface area contributed by atoms with Crippen LogP contribution >= 0.6 is 0 Å². The van der Waals surface area contributed by atoms with Crippen LogP contribution in [0.25, 0.3) is 0 Å². The third-order valence-corrected chi connectivity index (χ3v) is 5.24. The summed E-state index contributed by atoms with van der Waals surface area (Å²) in [4.78, 5) is 11.1. The van der Waals surface area contributed by atoms with Crippen LogP contribution in [0.15, 0.2) is 23.1 Å². The second-order valence-electron chi connectivity index (χ2n) is 5.07. The van der Waals surface area contributed by atoms with Crippen molar-refractivity contribution in [3.8, 4) is 0 Å². The Balaban J connectivity index is 2.38. The zero-order valence-corrected chi connectivity index (χ0v) is 12.8. The van der Waals surface area contributed by atoms with Crippen molar-refractivity contribution in [2.24, 2.45) is 0 Å². The van der Waals surface area contributed by atoms with Crippen molar-refractivity contribution in [1.29, 1.82) is 0 Å². The summed E-state index contributed by atoms with van der Waals surface area (Å²) in [6.07, 6.45) is 0.931. The van der Waals surface area contributed by atoms with E-state index in [1.54, 1.807) is 6.07 Å². The molecule has 2 unspecified atom stereocenters. The number of ether oxygens (including phenoxy) is 1. The summed E-state index contributed by atoms with van der Waals surface area (Å²) in [5.74, 6) is -1.15. The van der Waals surface area contributed by atoms with E-state index in [-0.39, 0.29) is 22.6 Å². The lowest BCUT2D eigenvalue weighted by Gasteiger charge is -2.18. The van der Waals surface area contributed by atoms with E-state index in [2.05, 4.69) is 4.72 Å². The third kappa shape index (κ3) is 3.42. The summed E-state index contributed by atoms with van der Waals surface area (Å²) in [6.45, 7) is 4.16. The zero-order chi connectivity index (χ0) is 15.6. The van der Waals surface area contributed by atoms with E-state index in [0.29, 0.717) is 25.0 Å². The Labute approximate surface area is 124 Å². The predicted octanol–water partition coefficient (Wildman–Crippen LogP) is 1.40. The average molecular weight is 313 g/mol. The van der Waals surface area contributed by atoms with Gasteiger partial charge in [0.2, 0.25) is 10.0 Å². The van der Waals surface area contributed by atoms with Crippen LogP contribution in [0.2, 0.25) is 0 Å². The maximum absolute atomic E-state index is 12.5. The second-order valence-corrected chi connectivity index (χ2v) is 6.76. The van der Waals surface area contributed by atoms with Crippen molar-refractivity contribution in [1.82, 2.24) is 4.72 Å². The molecule has 6 nitrogen and oxygen atoms in total. The van der Waals surface area contributed by atoms with Gasteiger partial charge in [0.15, 0.2) is 0 Å². The number of aryl methyl sites for hydroxylation is 1. The molecule has 0 aromatic heterocycles. The van der Waals surface area contributed by atoms with Gasteiger partial charge in [-0.15, -0.1) is 0 Å². The molecular formula is C14H19NO5S. The topological polar surface area (TPSA) is 92.7 Å². The van der Waals surface area contributed by atoms with Crippen LogP contribution < -0.4 is 4.72 Å². The van der Waals surface area contributed by atoms with Crippen molar-refractivity contribution in [3.63, 3.8) is 0 Å². The first-order valence-corrected chi connectivity index (χ1v) is 8.33. The molecule has 0 bridgehead atoms. The molecule has 1 aromatic carbocycles. The molecular weight excluding hydrogens is 294 g/mol. The highest BCUT2D eigenvalue weighted by atomic mass is 32.2. The number of hydrogen-bond acceptors (Lipinski definition) is 4. The van der Waals surface area contributed by atoms with Gasteiger partial charge >= 0.3 is 5.97 Å². The van der Waals surface area contributed by atoms with Crippen LogP contribution in [-0.2, 0) is 21.2 Å². The predicted molar refractivity (Wildman–Crippen MR) is 76.9 cm³/mol. The number of nitrogens with one attached hydrogen (secondary N) is 1. The Morgan fingerprint density at radius 1 is 1.48 bits per heavy atom. The van der Waals surface area contributed by atoms with Crippen LogP contribution in [0.4, 0.5) is 0 Å². The molecule has 1 heterocycles. The Kier molecular flexibility index (Phi) is 4.65. The number of carboxylic acids is 1. The van der Waals surface area contributed by atoms with Gasteiger partial charge in [-0.1, -0.05) is 13.0 Å². The fraction of sp³-hybridized carbons (Fsp3) is 0.500.